The molecule has 0 aliphatic heterocycles. The Morgan fingerprint density at radius 3 is 2.94 bits per heavy atom. The van der Waals surface area contributed by atoms with Crippen molar-refractivity contribution in [3.8, 4) is 0 Å². The lowest BCUT2D eigenvalue weighted by molar-refractivity contribution is 0.132. The lowest BCUT2D eigenvalue weighted by atomic mass is 10.2. The van der Waals surface area contributed by atoms with Crippen LogP contribution in [0.5, 0.6) is 0 Å². The van der Waals surface area contributed by atoms with E-state index < -0.39 is 0 Å². The Morgan fingerprint density at radius 2 is 2.12 bits per heavy atom. The molecular formula is C12H15N3O2. The summed E-state index contributed by atoms with van der Waals surface area (Å²) in [6, 6.07) is 7.30. The van der Waals surface area contributed by atoms with Crippen LogP contribution in [0.3, 0.4) is 0 Å². The minimum Gasteiger partial charge on any atom is -0.378 e. The molecule has 5 nitrogen and oxygen atoms in total. The number of nitrogens with zero attached hydrogens (tertiary/aromatic N) is 2. The SMILES string of the molecule is NCCOCCn1cnc2ccccc2c1=O. The van der Waals surface area contributed by atoms with E-state index in [0.29, 0.717) is 31.7 Å². The van der Waals surface area contributed by atoms with Crippen LogP contribution >= 0.6 is 0 Å². The fraction of sp³-hybridized carbons (Fsp3) is 0.333. The summed E-state index contributed by atoms with van der Waals surface area (Å²) < 4.78 is 6.80. The second kappa shape index (κ2) is 5.56. The van der Waals surface area contributed by atoms with Crippen LogP contribution in [-0.4, -0.2) is 29.3 Å². The molecule has 0 fully saturated rings. The van der Waals surface area contributed by atoms with Crippen molar-refractivity contribution in [2.75, 3.05) is 19.8 Å². The topological polar surface area (TPSA) is 70.1 Å². The van der Waals surface area contributed by atoms with Gasteiger partial charge in [-0.05, 0) is 12.1 Å². The average Bonchev–Trinajstić information content (AvgIpc) is 2.37. The van der Waals surface area contributed by atoms with Gasteiger partial charge in [-0.2, -0.15) is 0 Å². The number of benzene rings is 1. The summed E-state index contributed by atoms with van der Waals surface area (Å²) in [5.74, 6) is 0. The van der Waals surface area contributed by atoms with E-state index in [-0.39, 0.29) is 5.56 Å². The van der Waals surface area contributed by atoms with Crippen molar-refractivity contribution in [2.24, 2.45) is 5.73 Å². The van der Waals surface area contributed by atoms with Gasteiger partial charge in [-0.15, -0.1) is 0 Å². The smallest absolute Gasteiger partial charge is 0.261 e. The molecule has 0 saturated heterocycles. The van der Waals surface area contributed by atoms with Crippen LogP contribution in [-0.2, 0) is 11.3 Å². The Balaban J connectivity index is 2.18. The van der Waals surface area contributed by atoms with Crippen LogP contribution in [0.2, 0.25) is 0 Å². The first kappa shape index (κ1) is 11.8. The first-order valence-electron chi connectivity index (χ1n) is 5.55. The van der Waals surface area contributed by atoms with E-state index >= 15 is 0 Å². The average molecular weight is 233 g/mol. The molecule has 0 radical (unpaired) electrons. The molecule has 0 aliphatic rings. The monoisotopic (exact) mass is 233 g/mol. The van der Waals surface area contributed by atoms with Crippen LogP contribution in [0.1, 0.15) is 0 Å². The molecule has 0 spiro atoms. The van der Waals surface area contributed by atoms with E-state index in [2.05, 4.69) is 4.98 Å². The van der Waals surface area contributed by atoms with Gasteiger partial charge in [0.05, 0.1) is 37.0 Å². The lowest BCUT2D eigenvalue weighted by Gasteiger charge is -2.06. The number of fused-ring (bicyclic) bond motifs is 1. The Bertz CT molecular complexity index is 551. The highest BCUT2D eigenvalue weighted by Crippen LogP contribution is 2.04. The molecule has 1 aromatic heterocycles. The molecule has 0 aliphatic carbocycles. The van der Waals surface area contributed by atoms with Crippen molar-refractivity contribution < 1.29 is 4.74 Å². The van der Waals surface area contributed by atoms with E-state index in [9.17, 15) is 4.79 Å². The van der Waals surface area contributed by atoms with Crippen LogP contribution in [0.15, 0.2) is 35.4 Å². The molecule has 1 aromatic carbocycles. The molecule has 0 amide bonds. The quantitative estimate of drug-likeness (QED) is 0.757. The zero-order valence-corrected chi connectivity index (χ0v) is 9.50. The largest absolute Gasteiger partial charge is 0.378 e. The molecule has 0 bridgehead atoms. The van der Waals surface area contributed by atoms with E-state index in [1.54, 1.807) is 17.0 Å². The van der Waals surface area contributed by atoms with Crippen LogP contribution in [0.4, 0.5) is 0 Å². The minimum absolute atomic E-state index is 0.0352. The van der Waals surface area contributed by atoms with Crippen LogP contribution < -0.4 is 11.3 Å². The minimum atomic E-state index is -0.0352. The molecule has 2 N–H and O–H groups in total. The summed E-state index contributed by atoms with van der Waals surface area (Å²) in [5.41, 5.74) is 5.99. The molecular weight excluding hydrogens is 218 g/mol. The molecule has 2 aromatic rings. The fourth-order valence-electron chi connectivity index (χ4n) is 1.61. The van der Waals surface area contributed by atoms with Gasteiger partial charge in [-0.1, -0.05) is 12.1 Å². The molecule has 0 unspecified atom stereocenters. The predicted octanol–water partition coefficient (Wildman–Crippen LogP) is 0.372. The highest BCUT2D eigenvalue weighted by atomic mass is 16.5. The van der Waals surface area contributed by atoms with Crippen molar-refractivity contribution in [1.29, 1.82) is 0 Å². The molecule has 0 atom stereocenters. The number of para-hydroxylation sites is 1. The second-order valence-corrected chi connectivity index (χ2v) is 3.66. The number of hydrogen-bond acceptors (Lipinski definition) is 4. The van der Waals surface area contributed by atoms with Gasteiger partial charge in [0, 0.05) is 6.54 Å². The van der Waals surface area contributed by atoms with Gasteiger partial charge < -0.3 is 10.5 Å². The maximum atomic E-state index is 12.0. The number of aromatic nitrogens is 2. The van der Waals surface area contributed by atoms with Crippen molar-refractivity contribution in [1.82, 2.24) is 9.55 Å². The first-order chi connectivity index (χ1) is 8.33. The highest BCUT2D eigenvalue weighted by Gasteiger charge is 2.02. The summed E-state index contributed by atoms with van der Waals surface area (Å²) in [4.78, 5) is 16.3. The molecule has 0 saturated carbocycles. The van der Waals surface area contributed by atoms with E-state index in [1.807, 2.05) is 18.2 Å². The summed E-state index contributed by atoms with van der Waals surface area (Å²) in [5, 5.41) is 0.633. The third kappa shape index (κ3) is 2.69. The zero-order valence-electron chi connectivity index (χ0n) is 9.50. The van der Waals surface area contributed by atoms with Crippen molar-refractivity contribution in [2.45, 2.75) is 6.54 Å². The number of ether oxygens (including phenoxy) is 1. The highest BCUT2D eigenvalue weighted by molar-refractivity contribution is 5.76. The van der Waals surface area contributed by atoms with Crippen molar-refractivity contribution >= 4 is 10.9 Å². The second-order valence-electron chi connectivity index (χ2n) is 3.66. The normalized spacial score (nSPS) is 10.9. The number of rotatable bonds is 5. The van der Waals surface area contributed by atoms with Gasteiger partial charge in [0.1, 0.15) is 0 Å². The maximum absolute atomic E-state index is 12.0. The van der Waals surface area contributed by atoms with Gasteiger partial charge in [0.15, 0.2) is 0 Å². The Labute approximate surface area is 98.8 Å². The molecule has 1 heterocycles. The van der Waals surface area contributed by atoms with Crippen LogP contribution in [0, 0.1) is 0 Å². The summed E-state index contributed by atoms with van der Waals surface area (Å²) in [7, 11) is 0. The van der Waals surface area contributed by atoms with Crippen molar-refractivity contribution in [3.63, 3.8) is 0 Å². The zero-order chi connectivity index (χ0) is 12.1. The van der Waals surface area contributed by atoms with E-state index in [0.717, 1.165) is 5.52 Å². The third-order valence-corrected chi connectivity index (χ3v) is 2.47. The Hall–Kier alpha value is -1.72. The maximum Gasteiger partial charge on any atom is 0.261 e. The lowest BCUT2D eigenvalue weighted by Crippen LogP contribution is -2.23. The van der Waals surface area contributed by atoms with E-state index in [1.165, 1.54) is 0 Å². The van der Waals surface area contributed by atoms with E-state index in [4.69, 9.17) is 10.5 Å². The van der Waals surface area contributed by atoms with Gasteiger partial charge in [-0.25, -0.2) is 4.98 Å². The van der Waals surface area contributed by atoms with Crippen LogP contribution in [0.25, 0.3) is 10.9 Å². The summed E-state index contributed by atoms with van der Waals surface area (Å²) in [6.45, 7) is 1.97. The molecule has 90 valence electrons. The standard InChI is InChI=1S/C12H15N3O2/c13-5-7-17-8-6-15-9-14-11-4-2-1-3-10(11)12(15)16/h1-4,9H,5-8,13H2. The van der Waals surface area contributed by atoms with Gasteiger partial charge in [0.2, 0.25) is 0 Å². The number of nitrogens with two attached hydrogens (primary N) is 1. The third-order valence-electron chi connectivity index (χ3n) is 2.47. The van der Waals surface area contributed by atoms with Gasteiger partial charge in [-0.3, -0.25) is 9.36 Å². The summed E-state index contributed by atoms with van der Waals surface area (Å²) >= 11 is 0. The fourth-order valence-corrected chi connectivity index (χ4v) is 1.61. The van der Waals surface area contributed by atoms with Crippen molar-refractivity contribution in [3.05, 3.63) is 40.9 Å². The molecule has 17 heavy (non-hydrogen) atoms. The number of hydrogen-bond donors (Lipinski definition) is 1. The first-order valence-corrected chi connectivity index (χ1v) is 5.55. The predicted molar refractivity (Wildman–Crippen MR) is 65.9 cm³/mol. The Kier molecular flexibility index (Phi) is 3.85. The Morgan fingerprint density at radius 1 is 1.29 bits per heavy atom. The molecule has 5 heteroatoms. The summed E-state index contributed by atoms with van der Waals surface area (Å²) in [6.07, 6.45) is 1.55. The van der Waals surface area contributed by atoms with Gasteiger partial charge >= 0.3 is 0 Å². The van der Waals surface area contributed by atoms with Gasteiger partial charge in [0.25, 0.3) is 5.56 Å². The molecule has 2 rings (SSSR count).